The van der Waals surface area contributed by atoms with E-state index in [0.717, 1.165) is 11.3 Å². The van der Waals surface area contributed by atoms with E-state index in [4.69, 9.17) is 33.3 Å². The largest absolute Gasteiger partial charge is 0.490 e. The summed E-state index contributed by atoms with van der Waals surface area (Å²) in [5, 5.41) is 0.570. The Kier molecular flexibility index (Phi) is 6.99. The highest BCUT2D eigenvalue weighted by Gasteiger charge is 2.30. The smallest absolute Gasteiger partial charge is 0.266 e. The summed E-state index contributed by atoms with van der Waals surface area (Å²) in [6.07, 6.45) is 1.77. The fourth-order valence-electron chi connectivity index (χ4n) is 2.62. The summed E-state index contributed by atoms with van der Waals surface area (Å²) in [6, 6.07) is 13.2. The van der Waals surface area contributed by atoms with Crippen molar-refractivity contribution in [1.29, 1.82) is 0 Å². The van der Waals surface area contributed by atoms with Crippen LogP contribution in [0.2, 0.25) is 5.02 Å². The van der Waals surface area contributed by atoms with Gasteiger partial charge in [0.15, 0.2) is 0 Å². The van der Waals surface area contributed by atoms with Crippen LogP contribution in [-0.4, -0.2) is 34.9 Å². The van der Waals surface area contributed by atoms with E-state index < -0.39 is 0 Å². The van der Waals surface area contributed by atoms with E-state index in [1.54, 1.807) is 29.2 Å². The number of amides is 1. The van der Waals surface area contributed by atoms with Gasteiger partial charge in [-0.3, -0.25) is 9.69 Å². The molecule has 0 spiro atoms. The van der Waals surface area contributed by atoms with Crippen LogP contribution in [0.15, 0.2) is 47.4 Å². The molecule has 2 aromatic rings. The van der Waals surface area contributed by atoms with Crippen LogP contribution in [0.4, 0.5) is 0 Å². The molecule has 0 aliphatic carbocycles. The first kappa shape index (κ1) is 20.7. The highest BCUT2D eigenvalue weighted by molar-refractivity contribution is 8.26. The van der Waals surface area contributed by atoms with Crippen molar-refractivity contribution >= 4 is 51.9 Å². The van der Waals surface area contributed by atoms with E-state index >= 15 is 0 Å². The summed E-state index contributed by atoms with van der Waals surface area (Å²) >= 11 is 12.7. The third kappa shape index (κ3) is 5.07. The number of aryl methyl sites for hydroxylation is 1. The maximum Gasteiger partial charge on any atom is 0.266 e. The van der Waals surface area contributed by atoms with Crippen LogP contribution in [0.5, 0.6) is 11.5 Å². The molecule has 0 radical (unpaired) electrons. The summed E-state index contributed by atoms with van der Waals surface area (Å²) < 4.78 is 12.1. The van der Waals surface area contributed by atoms with Crippen molar-refractivity contribution < 1.29 is 14.3 Å². The van der Waals surface area contributed by atoms with E-state index in [0.29, 0.717) is 39.8 Å². The lowest BCUT2D eigenvalue weighted by Crippen LogP contribution is -2.27. The zero-order valence-corrected chi connectivity index (χ0v) is 18.0. The zero-order valence-electron chi connectivity index (χ0n) is 15.6. The fourth-order valence-corrected chi connectivity index (χ4v) is 4.18. The second-order valence-electron chi connectivity index (χ2n) is 6.12. The Hall–Kier alpha value is -2.02. The number of benzene rings is 2. The number of thioether (sulfide) groups is 1. The summed E-state index contributed by atoms with van der Waals surface area (Å²) in [6.45, 7) is 5.26. The van der Waals surface area contributed by atoms with E-state index in [1.807, 2.05) is 38.1 Å². The van der Waals surface area contributed by atoms with Crippen molar-refractivity contribution in [2.75, 3.05) is 19.8 Å². The third-order valence-electron chi connectivity index (χ3n) is 4.08. The van der Waals surface area contributed by atoms with Gasteiger partial charge in [-0.05, 0) is 50.3 Å². The van der Waals surface area contributed by atoms with E-state index in [2.05, 4.69) is 0 Å². The number of nitrogens with zero attached hydrogens (tertiary/aromatic N) is 1. The molecule has 3 rings (SSSR count). The molecule has 1 aliphatic rings. The minimum absolute atomic E-state index is 0.0915. The third-order valence-corrected chi connectivity index (χ3v) is 5.69. The topological polar surface area (TPSA) is 38.8 Å². The lowest BCUT2D eigenvalue weighted by molar-refractivity contribution is -0.121. The Morgan fingerprint density at radius 3 is 2.54 bits per heavy atom. The molecule has 1 saturated heterocycles. The lowest BCUT2D eigenvalue weighted by atomic mass is 10.2. The van der Waals surface area contributed by atoms with Gasteiger partial charge in [-0.25, -0.2) is 0 Å². The molecular weight excluding hydrogens is 414 g/mol. The number of rotatable bonds is 7. The maximum absolute atomic E-state index is 12.4. The molecule has 1 heterocycles. The fraction of sp³-hybridized carbons (Fsp3) is 0.238. The molecule has 2 aromatic carbocycles. The van der Waals surface area contributed by atoms with Crippen molar-refractivity contribution in [1.82, 2.24) is 4.90 Å². The molecule has 0 bridgehead atoms. The standard InChI is InChI=1S/C21H20ClNO3S2/c1-3-23-20(24)19(28-21(23)27)13-15-12-16(22)6-9-18(15)26-11-10-25-17-7-4-14(2)5-8-17/h4-9,12-13H,3,10-11H2,1-2H3/b19-13+. The van der Waals surface area contributed by atoms with Crippen LogP contribution in [0.1, 0.15) is 18.1 Å². The van der Waals surface area contributed by atoms with Crippen molar-refractivity contribution in [3.05, 3.63) is 63.5 Å². The number of ether oxygens (including phenoxy) is 2. The molecular formula is C21H20ClNO3S2. The normalized spacial score (nSPS) is 15.4. The van der Waals surface area contributed by atoms with E-state index in [9.17, 15) is 4.79 Å². The van der Waals surface area contributed by atoms with Gasteiger partial charge >= 0.3 is 0 Å². The molecule has 28 heavy (non-hydrogen) atoms. The first-order valence-corrected chi connectivity index (χ1v) is 10.5. The molecule has 4 nitrogen and oxygen atoms in total. The highest BCUT2D eigenvalue weighted by Crippen LogP contribution is 2.34. The van der Waals surface area contributed by atoms with Gasteiger partial charge in [-0.2, -0.15) is 0 Å². The van der Waals surface area contributed by atoms with Crippen LogP contribution < -0.4 is 9.47 Å². The number of likely N-dealkylation sites (N-methyl/N-ethyl adjacent to an activating group) is 1. The van der Waals surface area contributed by atoms with Gasteiger partial charge in [0.05, 0.1) is 4.91 Å². The lowest BCUT2D eigenvalue weighted by Gasteiger charge is -2.12. The maximum atomic E-state index is 12.4. The summed E-state index contributed by atoms with van der Waals surface area (Å²) in [5.41, 5.74) is 1.92. The number of halogens is 1. The first-order valence-electron chi connectivity index (χ1n) is 8.85. The predicted octanol–water partition coefficient (Wildman–Crippen LogP) is 5.33. The molecule has 0 unspecified atom stereocenters. The average molecular weight is 434 g/mol. The number of carbonyl (C=O) groups excluding carboxylic acids is 1. The monoisotopic (exact) mass is 433 g/mol. The Bertz CT molecular complexity index is 912. The summed E-state index contributed by atoms with van der Waals surface area (Å²) in [4.78, 5) is 14.6. The van der Waals surface area contributed by atoms with Gasteiger partial charge in [-0.1, -0.05) is 53.3 Å². The number of hydrogen-bond acceptors (Lipinski definition) is 5. The van der Waals surface area contributed by atoms with Gasteiger partial charge in [0.25, 0.3) is 5.91 Å². The molecule has 0 saturated carbocycles. The van der Waals surface area contributed by atoms with Crippen LogP contribution >= 0.6 is 35.6 Å². The van der Waals surface area contributed by atoms with Gasteiger partial charge in [0.2, 0.25) is 0 Å². The molecule has 0 atom stereocenters. The number of hydrogen-bond donors (Lipinski definition) is 0. The summed E-state index contributed by atoms with van der Waals surface area (Å²) in [7, 11) is 0. The van der Waals surface area contributed by atoms with Crippen molar-refractivity contribution in [2.45, 2.75) is 13.8 Å². The quantitative estimate of drug-likeness (QED) is 0.335. The molecule has 0 N–H and O–H groups in total. The van der Waals surface area contributed by atoms with E-state index in [1.165, 1.54) is 17.3 Å². The van der Waals surface area contributed by atoms with Crippen molar-refractivity contribution in [3.63, 3.8) is 0 Å². The molecule has 1 aliphatic heterocycles. The highest BCUT2D eigenvalue weighted by atomic mass is 35.5. The summed E-state index contributed by atoms with van der Waals surface area (Å²) in [5.74, 6) is 1.35. The average Bonchev–Trinajstić information content (AvgIpc) is 2.94. The van der Waals surface area contributed by atoms with Crippen molar-refractivity contribution in [3.8, 4) is 11.5 Å². The van der Waals surface area contributed by atoms with Gasteiger partial charge in [-0.15, -0.1) is 0 Å². The molecule has 1 amide bonds. The van der Waals surface area contributed by atoms with Gasteiger partial charge in [0.1, 0.15) is 29.0 Å². The van der Waals surface area contributed by atoms with Gasteiger partial charge in [0, 0.05) is 17.1 Å². The SMILES string of the molecule is CCN1C(=O)/C(=C\c2cc(Cl)ccc2OCCOc2ccc(C)cc2)SC1=S. The second kappa shape index (κ2) is 9.45. The van der Waals surface area contributed by atoms with E-state index in [-0.39, 0.29) is 5.91 Å². The Balaban J connectivity index is 1.67. The minimum atomic E-state index is -0.0915. The molecule has 1 fully saturated rings. The van der Waals surface area contributed by atoms with Crippen LogP contribution in [0.25, 0.3) is 6.08 Å². The first-order chi connectivity index (χ1) is 13.5. The molecule has 146 valence electrons. The Labute approximate surface area is 179 Å². The van der Waals surface area contributed by atoms with Crippen LogP contribution in [-0.2, 0) is 4.79 Å². The van der Waals surface area contributed by atoms with Gasteiger partial charge < -0.3 is 9.47 Å². The molecule has 7 heteroatoms. The predicted molar refractivity (Wildman–Crippen MR) is 119 cm³/mol. The number of carbonyl (C=O) groups is 1. The zero-order chi connectivity index (χ0) is 20.1. The Morgan fingerprint density at radius 1 is 1.14 bits per heavy atom. The minimum Gasteiger partial charge on any atom is -0.490 e. The van der Waals surface area contributed by atoms with Crippen molar-refractivity contribution in [2.24, 2.45) is 0 Å². The van der Waals surface area contributed by atoms with Crippen LogP contribution in [0, 0.1) is 6.92 Å². The second-order valence-corrected chi connectivity index (χ2v) is 8.23. The number of thiocarbonyl (C=S) groups is 1. The molecule has 0 aromatic heterocycles. The van der Waals surface area contributed by atoms with Crippen LogP contribution in [0.3, 0.4) is 0 Å². The Morgan fingerprint density at radius 2 is 1.86 bits per heavy atom.